The Labute approximate surface area is 146 Å². The van der Waals surface area contributed by atoms with E-state index in [1.165, 1.54) is 6.20 Å². The zero-order valence-electron chi connectivity index (χ0n) is 13.9. The number of piperidine rings is 1. The molecule has 0 atom stereocenters. The van der Waals surface area contributed by atoms with Gasteiger partial charge in [-0.3, -0.25) is 19.6 Å². The minimum absolute atomic E-state index is 0.378. The third-order valence-electron chi connectivity index (χ3n) is 4.30. The molecule has 25 heavy (non-hydrogen) atoms. The zero-order chi connectivity index (χ0) is 17.5. The van der Waals surface area contributed by atoms with Crippen molar-refractivity contribution in [2.75, 3.05) is 29.9 Å². The van der Waals surface area contributed by atoms with Crippen molar-refractivity contribution in [3.63, 3.8) is 0 Å². The molecule has 1 fully saturated rings. The molecule has 0 radical (unpaired) electrons. The second-order valence-corrected chi connectivity index (χ2v) is 6.05. The summed E-state index contributed by atoms with van der Waals surface area (Å²) in [5, 5.41) is 5.25. The first-order chi connectivity index (χ1) is 12.2. The standard InChI is InChI=1S/C18H21N5O2/c24-17(18(25)22-15-3-1-7-19-12-15)21-11-14-5-9-23(10-6-14)16-4-2-8-20-13-16/h1-4,7-8,12-14H,5-6,9-11H2,(H,21,24)(H,22,25). The molecule has 7 heteroatoms. The third-order valence-corrected chi connectivity index (χ3v) is 4.30. The summed E-state index contributed by atoms with van der Waals surface area (Å²) in [6.07, 6.45) is 8.68. The van der Waals surface area contributed by atoms with E-state index in [-0.39, 0.29) is 0 Å². The van der Waals surface area contributed by atoms with Crippen molar-refractivity contribution in [3.8, 4) is 0 Å². The average Bonchev–Trinajstić information content (AvgIpc) is 2.68. The molecule has 2 aromatic rings. The van der Waals surface area contributed by atoms with Crippen molar-refractivity contribution in [1.29, 1.82) is 0 Å². The summed E-state index contributed by atoms with van der Waals surface area (Å²) in [5.41, 5.74) is 1.63. The van der Waals surface area contributed by atoms with E-state index in [2.05, 4.69) is 31.6 Å². The van der Waals surface area contributed by atoms with E-state index in [0.29, 0.717) is 18.2 Å². The van der Waals surface area contributed by atoms with Gasteiger partial charge < -0.3 is 15.5 Å². The molecule has 7 nitrogen and oxygen atoms in total. The van der Waals surface area contributed by atoms with Crippen molar-refractivity contribution in [2.24, 2.45) is 5.92 Å². The van der Waals surface area contributed by atoms with Gasteiger partial charge in [-0.1, -0.05) is 0 Å². The van der Waals surface area contributed by atoms with Crippen LogP contribution in [0.2, 0.25) is 0 Å². The summed E-state index contributed by atoms with van der Waals surface area (Å²) >= 11 is 0. The lowest BCUT2D eigenvalue weighted by atomic mass is 9.96. The summed E-state index contributed by atoms with van der Waals surface area (Å²) in [6, 6.07) is 7.37. The van der Waals surface area contributed by atoms with Crippen LogP contribution in [-0.2, 0) is 9.59 Å². The fraction of sp³-hybridized carbons (Fsp3) is 0.333. The van der Waals surface area contributed by atoms with Gasteiger partial charge in [0.05, 0.1) is 23.8 Å². The molecule has 130 valence electrons. The summed E-state index contributed by atoms with van der Waals surface area (Å²) in [4.78, 5) is 34.1. The maximum absolute atomic E-state index is 11.9. The Kier molecular flexibility index (Phi) is 5.56. The second-order valence-electron chi connectivity index (χ2n) is 6.05. The second kappa shape index (κ2) is 8.23. The molecule has 0 aliphatic carbocycles. The van der Waals surface area contributed by atoms with Crippen LogP contribution in [0.3, 0.4) is 0 Å². The number of hydrogen-bond acceptors (Lipinski definition) is 5. The number of rotatable bonds is 4. The molecule has 3 rings (SSSR count). The number of amides is 2. The Morgan fingerprint density at radius 2 is 1.76 bits per heavy atom. The van der Waals surface area contributed by atoms with Crippen molar-refractivity contribution in [2.45, 2.75) is 12.8 Å². The molecule has 1 aliphatic rings. The van der Waals surface area contributed by atoms with Crippen LogP contribution in [-0.4, -0.2) is 41.4 Å². The fourth-order valence-electron chi connectivity index (χ4n) is 2.88. The molecule has 0 aromatic carbocycles. The lowest BCUT2D eigenvalue weighted by molar-refractivity contribution is -0.136. The Morgan fingerprint density at radius 1 is 1.04 bits per heavy atom. The van der Waals surface area contributed by atoms with Crippen LogP contribution in [0.4, 0.5) is 11.4 Å². The highest BCUT2D eigenvalue weighted by Crippen LogP contribution is 2.21. The Morgan fingerprint density at radius 3 is 2.40 bits per heavy atom. The largest absolute Gasteiger partial charge is 0.370 e. The van der Waals surface area contributed by atoms with Crippen LogP contribution in [0.15, 0.2) is 49.1 Å². The highest BCUT2D eigenvalue weighted by Gasteiger charge is 2.21. The SMILES string of the molecule is O=C(NCC1CCN(c2cccnc2)CC1)C(=O)Nc1cccnc1. The Balaban J connectivity index is 1.40. The minimum atomic E-state index is -0.666. The van der Waals surface area contributed by atoms with Gasteiger partial charge >= 0.3 is 11.8 Å². The van der Waals surface area contributed by atoms with E-state index < -0.39 is 11.8 Å². The van der Waals surface area contributed by atoms with Crippen molar-refractivity contribution in [3.05, 3.63) is 49.1 Å². The normalized spacial score (nSPS) is 14.8. The molecule has 2 aromatic heterocycles. The van der Waals surface area contributed by atoms with Gasteiger partial charge in [0.1, 0.15) is 0 Å². The van der Waals surface area contributed by atoms with E-state index >= 15 is 0 Å². The quantitative estimate of drug-likeness (QED) is 0.823. The van der Waals surface area contributed by atoms with Gasteiger partial charge in [-0.25, -0.2) is 0 Å². The molecule has 2 N–H and O–H groups in total. The highest BCUT2D eigenvalue weighted by atomic mass is 16.2. The molecule has 0 bridgehead atoms. The molecule has 0 unspecified atom stereocenters. The van der Waals surface area contributed by atoms with Crippen LogP contribution < -0.4 is 15.5 Å². The molecule has 0 saturated carbocycles. The molecule has 3 heterocycles. The van der Waals surface area contributed by atoms with Crippen molar-refractivity contribution >= 4 is 23.2 Å². The number of pyridine rings is 2. The van der Waals surface area contributed by atoms with Crippen LogP contribution in [0.25, 0.3) is 0 Å². The van der Waals surface area contributed by atoms with Gasteiger partial charge in [0.2, 0.25) is 0 Å². The van der Waals surface area contributed by atoms with Gasteiger partial charge in [-0.15, -0.1) is 0 Å². The van der Waals surface area contributed by atoms with E-state index in [0.717, 1.165) is 31.6 Å². The number of nitrogens with one attached hydrogen (secondary N) is 2. The van der Waals surface area contributed by atoms with E-state index in [4.69, 9.17) is 0 Å². The molecule has 1 saturated heterocycles. The number of anilines is 2. The average molecular weight is 339 g/mol. The van der Waals surface area contributed by atoms with Crippen molar-refractivity contribution < 1.29 is 9.59 Å². The minimum Gasteiger partial charge on any atom is -0.370 e. The predicted octanol–water partition coefficient (Wildman–Crippen LogP) is 1.45. The first-order valence-electron chi connectivity index (χ1n) is 8.36. The number of nitrogens with zero attached hydrogens (tertiary/aromatic N) is 3. The number of carbonyl (C=O) groups is 2. The van der Waals surface area contributed by atoms with Gasteiger partial charge in [0, 0.05) is 32.0 Å². The summed E-state index contributed by atoms with van der Waals surface area (Å²) in [7, 11) is 0. The number of carbonyl (C=O) groups excluding carboxylic acids is 2. The fourth-order valence-corrected chi connectivity index (χ4v) is 2.88. The van der Waals surface area contributed by atoms with Crippen LogP contribution in [0, 0.1) is 5.92 Å². The molecule has 2 amide bonds. The van der Waals surface area contributed by atoms with Crippen LogP contribution >= 0.6 is 0 Å². The molecule has 0 spiro atoms. The Bertz CT molecular complexity index is 700. The Hall–Kier alpha value is -2.96. The summed E-state index contributed by atoms with van der Waals surface area (Å²) in [5.74, 6) is -0.901. The smallest absolute Gasteiger partial charge is 0.313 e. The van der Waals surface area contributed by atoms with Crippen LogP contribution in [0.1, 0.15) is 12.8 Å². The third kappa shape index (κ3) is 4.76. The lowest BCUT2D eigenvalue weighted by Crippen LogP contribution is -2.41. The monoisotopic (exact) mass is 339 g/mol. The van der Waals surface area contributed by atoms with E-state index in [1.54, 1.807) is 24.5 Å². The molecule has 1 aliphatic heterocycles. The lowest BCUT2D eigenvalue weighted by Gasteiger charge is -2.33. The van der Waals surface area contributed by atoms with Gasteiger partial charge in [0.25, 0.3) is 0 Å². The zero-order valence-corrected chi connectivity index (χ0v) is 13.9. The van der Waals surface area contributed by atoms with Gasteiger partial charge in [-0.2, -0.15) is 0 Å². The highest BCUT2D eigenvalue weighted by molar-refractivity contribution is 6.39. The van der Waals surface area contributed by atoms with Gasteiger partial charge in [-0.05, 0) is 43.0 Å². The topological polar surface area (TPSA) is 87.2 Å². The molecular formula is C18H21N5O2. The summed E-state index contributed by atoms with van der Waals surface area (Å²) < 4.78 is 0. The maximum Gasteiger partial charge on any atom is 0.313 e. The predicted molar refractivity (Wildman–Crippen MR) is 95.1 cm³/mol. The van der Waals surface area contributed by atoms with E-state index in [1.807, 2.05) is 12.3 Å². The van der Waals surface area contributed by atoms with Crippen LogP contribution in [0.5, 0.6) is 0 Å². The summed E-state index contributed by atoms with van der Waals surface area (Å²) in [6.45, 7) is 2.36. The maximum atomic E-state index is 11.9. The van der Waals surface area contributed by atoms with Gasteiger partial charge in [0.15, 0.2) is 0 Å². The molecular weight excluding hydrogens is 318 g/mol. The number of hydrogen-bond donors (Lipinski definition) is 2. The first kappa shape index (κ1) is 16.9. The van der Waals surface area contributed by atoms with E-state index in [9.17, 15) is 9.59 Å². The number of aromatic nitrogens is 2. The van der Waals surface area contributed by atoms with Crippen molar-refractivity contribution in [1.82, 2.24) is 15.3 Å². The first-order valence-corrected chi connectivity index (χ1v) is 8.36.